The highest BCUT2D eigenvalue weighted by atomic mass is 32.1. The van der Waals surface area contributed by atoms with E-state index in [1.165, 1.54) is 4.88 Å². The van der Waals surface area contributed by atoms with Crippen molar-refractivity contribution in [3.05, 3.63) is 28.5 Å². The van der Waals surface area contributed by atoms with E-state index in [1.54, 1.807) is 22.7 Å². The summed E-state index contributed by atoms with van der Waals surface area (Å²) in [4.78, 5) is 6.67. The van der Waals surface area contributed by atoms with Gasteiger partial charge < -0.3 is 0 Å². The van der Waals surface area contributed by atoms with Crippen LogP contribution in [0.5, 0.6) is 0 Å². The number of aromatic nitrogens is 4. The first-order valence-corrected chi connectivity index (χ1v) is 7.55. The first-order chi connectivity index (χ1) is 8.79. The van der Waals surface area contributed by atoms with Crippen LogP contribution in [0.4, 0.5) is 0 Å². The molecule has 3 rings (SSSR count). The Morgan fingerprint density at radius 3 is 3.06 bits per heavy atom. The first-order valence-electron chi connectivity index (χ1n) is 5.45. The lowest BCUT2D eigenvalue weighted by atomic mass is 10.5. The standard InChI is InChI=1S/C11H10N4S3/c1-2-15-9(13-14-11(15)16)8-6-12-10(18-8)7-4-3-5-17-7/h3-6H,2H2,1H3,(H,14,16). The van der Waals surface area contributed by atoms with Crippen molar-refractivity contribution in [3.8, 4) is 20.6 Å². The summed E-state index contributed by atoms with van der Waals surface area (Å²) in [5.41, 5.74) is 0. The maximum atomic E-state index is 5.19. The van der Waals surface area contributed by atoms with E-state index in [-0.39, 0.29) is 0 Å². The lowest BCUT2D eigenvalue weighted by Gasteiger charge is -1.98. The van der Waals surface area contributed by atoms with Gasteiger partial charge in [-0.3, -0.25) is 9.67 Å². The minimum Gasteiger partial charge on any atom is -0.300 e. The van der Waals surface area contributed by atoms with Crippen LogP contribution in [-0.2, 0) is 6.54 Å². The number of H-pyrrole nitrogens is 1. The minimum atomic E-state index is 0.651. The van der Waals surface area contributed by atoms with Crippen molar-refractivity contribution in [2.75, 3.05) is 0 Å². The van der Waals surface area contributed by atoms with Gasteiger partial charge >= 0.3 is 0 Å². The average molecular weight is 294 g/mol. The molecule has 18 heavy (non-hydrogen) atoms. The Bertz CT molecular complexity index is 705. The molecule has 0 saturated heterocycles. The zero-order valence-corrected chi connectivity index (χ0v) is 12.0. The van der Waals surface area contributed by atoms with Crippen LogP contribution in [0.25, 0.3) is 20.6 Å². The second-order valence-electron chi connectivity index (χ2n) is 3.60. The fourth-order valence-corrected chi connectivity index (χ4v) is 3.67. The number of nitrogens with one attached hydrogen (secondary N) is 1. The first kappa shape index (κ1) is 11.8. The molecule has 0 amide bonds. The highest BCUT2D eigenvalue weighted by Crippen LogP contribution is 2.33. The van der Waals surface area contributed by atoms with Crippen LogP contribution >= 0.6 is 34.9 Å². The lowest BCUT2D eigenvalue weighted by molar-refractivity contribution is 0.756. The van der Waals surface area contributed by atoms with Gasteiger partial charge in [0, 0.05) is 12.7 Å². The molecule has 1 N–H and O–H groups in total. The van der Waals surface area contributed by atoms with Gasteiger partial charge in [0.15, 0.2) is 10.6 Å². The van der Waals surface area contributed by atoms with Gasteiger partial charge in [-0.2, -0.15) is 5.10 Å². The fraction of sp³-hybridized carbons (Fsp3) is 0.182. The summed E-state index contributed by atoms with van der Waals surface area (Å²) in [7, 11) is 0. The number of thiophene rings is 1. The quantitative estimate of drug-likeness (QED) is 0.747. The van der Waals surface area contributed by atoms with Crippen molar-refractivity contribution >= 4 is 34.9 Å². The largest absolute Gasteiger partial charge is 0.300 e. The molecule has 0 spiro atoms. The molecule has 0 bridgehead atoms. The second-order valence-corrected chi connectivity index (χ2v) is 5.97. The van der Waals surface area contributed by atoms with Gasteiger partial charge in [-0.15, -0.1) is 22.7 Å². The molecular weight excluding hydrogens is 284 g/mol. The van der Waals surface area contributed by atoms with E-state index < -0.39 is 0 Å². The number of hydrogen-bond acceptors (Lipinski definition) is 5. The molecule has 0 atom stereocenters. The number of rotatable bonds is 3. The summed E-state index contributed by atoms with van der Waals surface area (Å²) < 4.78 is 2.62. The molecule has 3 aromatic heterocycles. The Labute approximate surface area is 117 Å². The predicted molar refractivity (Wildman–Crippen MR) is 77.5 cm³/mol. The zero-order chi connectivity index (χ0) is 12.5. The summed E-state index contributed by atoms with van der Waals surface area (Å²) in [5, 5.41) is 10.2. The minimum absolute atomic E-state index is 0.651. The van der Waals surface area contributed by atoms with E-state index in [1.807, 2.05) is 16.8 Å². The number of hydrogen-bond donors (Lipinski definition) is 1. The summed E-state index contributed by atoms with van der Waals surface area (Å²) in [5.74, 6) is 0.864. The zero-order valence-electron chi connectivity index (χ0n) is 9.58. The smallest absolute Gasteiger partial charge is 0.195 e. The van der Waals surface area contributed by atoms with E-state index in [2.05, 4.69) is 33.6 Å². The Morgan fingerprint density at radius 2 is 2.33 bits per heavy atom. The van der Waals surface area contributed by atoms with Crippen LogP contribution in [0.2, 0.25) is 0 Å². The Morgan fingerprint density at radius 1 is 1.44 bits per heavy atom. The Kier molecular flexibility index (Phi) is 3.11. The third-order valence-electron chi connectivity index (χ3n) is 2.53. The van der Waals surface area contributed by atoms with E-state index in [9.17, 15) is 0 Å². The number of nitrogens with zero attached hydrogens (tertiary/aromatic N) is 3. The normalized spacial score (nSPS) is 10.9. The summed E-state index contributed by atoms with van der Waals surface area (Å²) in [6.45, 7) is 2.85. The van der Waals surface area contributed by atoms with Crippen molar-refractivity contribution in [1.82, 2.24) is 19.7 Å². The van der Waals surface area contributed by atoms with Gasteiger partial charge in [-0.25, -0.2) is 4.98 Å². The van der Waals surface area contributed by atoms with Gasteiger partial charge in [0.1, 0.15) is 5.01 Å². The van der Waals surface area contributed by atoms with Crippen molar-refractivity contribution in [2.24, 2.45) is 0 Å². The predicted octanol–water partition coefficient (Wildman–Crippen LogP) is 3.81. The molecular formula is C11H10N4S3. The van der Waals surface area contributed by atoms with Crippen molar-refractivity contribution in [2.45, 2.75) is 13.5 Å². The SMILES string of the molecule is CCn1c(-c2cnc(-c3cccs3)s2)n[nH]c1=S. The summed E-state index contributed by atoms with van der Waals surface area (Å²) >= 11 is 8.52. The van der Waals surface area contributed by atoms with Crippen LogP contribution in [0.3, 0.4) is 0 Å². The Hall–Kier alpha value is -1.31. The third-order valence-corrected chi connectivity index (χ3v) is 4.88. The van der Waals surface area contributed by atoms with E-state index in [4.69, 9.17) is 12.2 Å². The molecule has 0 aromatic carbocycles. The maximum absolute atomic E-state index is 5.19. The van der Waals surface area contributed by atoms with Crippen LogP contribution < -0.4 is 0 Å². The third kappa shape index (κ3) is 1.94. The molecule has 0 aliphatic heterocycles. The Balaban J connectivity index is 2.05. The molecule has 0 fully saturated rings. The fourth-order valence-electron chi connectivity index (χ4n) is 1.69. The summed E-state index contributed by atoms with van der Waals surface area (Å²) in [6, 6.07) is 4.10. The molecule has 0 saturated carbocycles. The number of aromatic amines is 1. The maximum Gasteiger partial charge on any atom is 0.195 e. The van der Waals surface area contributed by atoms with Crippen molar-refractivity contribution in [3.63, 3.8) is 0 Å². The second kappa shape index (κ2) is 4.75. The molecule has 0 radical (unpaired) electrons. The highest BCUT2D eigenvalue weighted by molar-refractivity contribution is 7.71. The molecule has 92 valence electrons. The van der Waals surface area contributed by atoms with Crippen LogP contribution in [-0.4, -0.2) is 19.7 Å². The van der Waals surface area contributed by atoms with Gasteiger partial charge in [-0.1, -0.05) is 6.07 Å². The lowest BCUT2D eigenvalue weighted by Crippen LogP contribution is -1.96. The monoisotopic (exact) mass is 294 g/mol. The van der Waals surface area contributed by atoms with Crippen LogP contribution in [0, 0.1) is 4.77 Å². The van der Waals surface area contributed by atoms with Gasteiger partial charge in [0.2, 0.25) is 0 Å². The molecule has 0 aliphatic carbocycles. The summed E-state index contributed by atoms with van der Waals surface area (Å²) in [6.07, 6.45) is 1.86. The molecule has 3 heterocycles. The number of thiazole rings is 1. The topological polar surface area (TPSA) is 46.5 Å². The van der Waals surface area contributed by atoms with Crippen LogP contribution in [0.1, 0.15) is 6.92 Å². The molecule has 7 heteroatoms. The molecule has 4 nitrogen and oxygen atoms in total. The van der Waals surface area contributed by atoms with Crippen molar-refractivity contribution in [1.29, 1.82) is 0 Å². The van der Waals surface area contributed by atoms with E-state index >= 15 is 0 Å². The van der Waals surface area contributed by atoms with Crippen LogP contribution in [0.15, 0.2) is 23.7 Å². The van der Waals surface area contributed by atoms with E-state index in [0.717, 1.165) is 22.3 Å². The molecule has 3 aromatic rings. The molecule has 0 aliphatic rings. The molecule has 0 unspecified atom stereocenters. The van der Waals surface area contributed by atoms with Gasteiger partial charge in [0.25, 0.3) is 0 Å². The van der Waals surface area contributed by atoms with Gasteiger partial charge in [-0.05, 0) is 30.6 Å². The van der Waals surface area contributed by atoms with Crippen molar-refractivity contribution < 1.29 is 0 Å². The highest BCUT2D eigenvalue weighted by Gasteiger charge is 2.12. The average Bonchev–Trinajstić information content (AvgIpc) is 3.08. The van der Waals surface area contributed by atoms with E-state index in [0.29, 0.717) is 4.77 Å². The van der Waals surface area contributed by atoms with Gasteiger partial charge in [0.05, 0.1) is 9.75 Å².